The largest absolute Gasteiger partial charge is 0.270 e. The molecular weight excluding hydrogens is 416 g/mol. The van der Waals surface area contributed by atoms with Crippen LogP contribution in [0.1, 0.15) is 168 Å². The van der Waals surface area contributed by atoms with Crippen molar-refractivity contribution in [1.29, 1.82) is 0 Å². The third-order valence-electron chi connectivity index (χ3n) is 6.51. The average molecular weight is 475 g/mol. The van der Waals surface area contributed by atoms with Crippen LogP contribution in [0.2, 0.25) is 0 Å². The molecule has 0 N–H and O–H groups in total. The predicted molar refractivity (Wildman–Crippen MR) is 142 cm³/mol. The SMILES string of the molecule is CCCCCCCCCCCCCCOS(=O)(=O)CCCCCCCCCCCCCC. The Morgan fingerprint density at radius 3 is 1.03 bits per heavy atom. The highest BCUT2D eigenvalue weighted by atomic mass is 32.2. The standard InChI is InChI=1S/C28H58O3S/c1-3-5-7-9-11-13-15-17-19-21-23-25-27-31-32(29,30)28-26-24-22-20-18-16-14-12-10-8-6-4-2/h3-28H2,1-2H3. The fraction of sp³-hybridized carbons (Fsp3) is 1.00. The highest BCUT2D eigenvalue weighted by Crippen LogP contribution is 2.14. The molecule has 0 heterocycles. The Balaban J connectivity index is 3.31. The predicted octanol–water partition coefficient (Wildman–Crippen LogP) is 9.73. The monoisotopic (exact) mass is 474 g/mol. The maximum atomic E-state index is 12.0. The van der Waals surface area contributed by atoms with Crippen molar-refractivity contribution in [2.24, 2.45) is 0 Å². The first-order valence-electron chi connectivity index (χ1n) is 14.5. The summed E-state index contributed by atoms with van der Waals surface area (Å²) in [7, 11) is -3.31. The lowest BCUT2D eigenvalue weighted by Crippen LogP contribution is -2.11. The zero-order valence-electron chi connectivity index (χ0n) is 22.0. The highest BCUT2D eigenvalue weighted by molar-refractivity contribution is 7.86. The van der Waals surface area contributed by atoms with Crippen LogP contribution in [0.15, 0.2) is 0 Å². The highest BCUT2D eigenvalue weighted by Gasteiger charge is 2.10. The van der Waals surface area contributed by atoms with Crippen molar-refractivity contribution in [2.75, 3.05) is 12.4 Å². The molecule has 3 nitrogen and oxygen atoms in total. The van der Waals surface area contributed by atoms with Crippen LogP contribution in [0.25, 0.3) is 0 Å². The summed E-state index contributed by atoms with van der Waals surface area (Å²) < 4.78 is 29.2. The van der Waals surface area contributed by atoms with E-state index in [9.17, 15) is 8.42 Å². The smallest absolute Gasteiger partial charge is 0.267 e. The van der Waals surface area contributed by atoms with E-state index in [1.54, 1.807) is 0 Å². The number of hydrogen-bond acceptors (Lipinski definition) is 3. The van der Waals surface area contributed by atoms with E-state index in [0.29, 0.717) is 6.61 Å². The van der Waals surface area contributed by atoms with Crippen LogP contribution >= 0.6 is 0 Å². The molecule has 32 heavy (non-hydrogen) atoms. The molecule has 0 atom stereocenters. The molecule has 0 saturated heterocycles. The van der Waals surface area contributed by atoms with Crippen molar-refractivity contribution in [2.45, 2.75) is 168 Å². The molecule has 0 saturated carbocycles. The normalized spacial score (nSPS) is 11.9. The summed E-state index contributed by atoms with van der Waals surface area (Å²) in [6.45, 7) is 4.90. The molecule has 0 aromatic heterocycles. The zero-order chi connectivity index (χ0) is 23.6. The quantitative estimate of drug-likeness (QED) is 0.0878. The maximum Gasteiger partial charge on any atom is 0.267 e. The lowest BCUT2D eigenvalue weighted by Gasteiger charge is -2.06. The van der Waals surface area contributed by atoms with Gasteiger partial charge in [-0.3, -0.25) is 4.18 Å². The summed E-state index contributed by atoms with van der Waals surface area (Å²) in [6, 6.07) is 0. The Morgan fingerprint density at radius 1 is 0.406 bits per heavy atom. The second kappa shape index (κ2) is 25.5. The van der Waals surface area contributed by atoms with E-state index >= 15 is 0 Å². The first kappa shape index (κ1) is 31.9. The van der Waals surface area contributed by atoms with Crippen LogP contribution in [0, 0.1) is 0 Å². The van der Waals surface area contributed by atoms with Crippen molar-refractivity contribution < 1.29 is 12.6 Å². The fourth-order valence-electron chi connectivity index (χ4n) is 4.31. The zero-order valence-corrected chi connectivity index (χ0v) is 22.8. The molecule has 0 fully saturated rings. The van der Waals surface area contributed by atoms with E-state index in [4.69, 9.17) is 4.18 Å². The van der Waals surface area contributed by atoms with Crippen LogP contribution < -0.4 is 0 Å². The van der Waals surface area contributed by atoms with Gasteiger partial charge in [0.2, 0.25) is 0 Å². The van der Waals surface area contributed by atoms with Crippen LogP contribution in [0.3, 0.4) is 0 Å². The molecule has 0 bridgehead atoms. The third-order valence-corrected chi connectivity index (χ3v) is 7.82. The Labute approximate surface area is 203 Å². The Kier molecular flexibility index (Phi) is 25.5. The number of unbranched alkanes of at least 4 members (excludes halogenated alkanes) is 22. The molecule has 0 rings (SSSR count). The Hall–Kier alpha value is -0.0900. The number of rotatable bonds is 27. The molecule has 4 heteroatoms. The lowest BCUT2D eigenvalue weighted by molar-refractivity contribution is 0.305. The van der Waals surface area contributed by atoms with E-state index in [0.717, 1.165) is 32.1 Å². The van der Waals surface area contributed by atoms with E-state index in [-0.39, 0.29) is 5.75 Å². The molecule has 0 aliphatic carbocycles. The van der Waals surface area contributed by atoms with Crippen molar-refractivity contribution in [3.05, 3.63) is 0 Å². The summed E-state index contributed by atoms with van der Waals surface area (Å²) in [5.74, 6) is 0.197. The van der Waals surface area contributed by atoms with Crippen molar-refractivity contribution >= 4 is 10.1 Å². The second-order valence-electron chi connectivity index (χ2n) is 9.86. The van der Waals surface area contributed by atoms with Gasteiger partial charge in [-0.05, 0) is 12.8 Å². The molecule has 0 radical (unpaired) electrons. The lowest BCUT2D eigenvalue weighted by atomic mass is 10.1. The van der Waals surface area contributed by atoms with Gasteiger partial charge < -0.3 is 0 Å². The first-order chi connectivity index (χ1) is 15.6. The Morgan fingerprint density at radius 2 is 0.688 bits per heavy atom. The van der Waals surface area contributed by atoms with Gasteiger partial charge in [0.05, 0.1) is 12.4 Å². The summed E-state index contributed by atoms with van der Waals surface area (Å²) in [5, 5.41) is 0. The molecule has 0 aliphatic rings. The first-order valence-corrected chi connectivity index (χ1v) is 16.1. The van der Waals surface area contributed by atoms with Crippen LogP contribution in [-0.4, -0.2) is 20.8 Å². The van der Waals surface area contributed by atoms with E-state index in [1.807, 2.05) is 0 Å². The fourth-order valence-corrected chi connectivity index (χ4v) is 5.36. The van der Waals surface area contributed by atoms with Crippen molar-refractivity contribution in [3.8, 4) is 0 Å². The van der Waals surface area contributed by atoms with Gasteiger partial charge in [0.15, 0.2) is 0 Å². The van der Waals surface area contributed by atoms with Gasteiger partial charge in [-0.2, -0.15) is 8.42 Å². The van der Waals surface area contributed by atoms with Crippen LogP contribution in [0.5, 0.6) is 0 Å². The van der Waals surface area contributed by atoms with E-state index in [2.05, 4.69) is 13.8 Å². The molecule has 0 amide bonds. The van der Waals surface area contributed by atoms with E-state index < -0.39 is 10.1 Å². The molecule has 0 aliphatic heterocycles. The van der Waals surface area contributed by atoms with Crippen LogP contribution in [0.4, 0.5) is 0 Å². The summed E-state index contributed by atoms with van der Waals surface area (Å²) in [5.41, 5.74) is 0. The summed E-state index contributed by atoms with van der Waals surface area (Å²) in [6.07, 6.45) is 30.5. The topological polar surface area (TPSA) is 43.4 Å². The summed E-state index contributed by atoms with van der Waals surface area (Å²) in [4.78, 5) is 0. The molecule has 0 spiro atoms. The van der Waals surface area contributed by atoms with Crippen molar-refractivity contribution in [1.82, 2.24) is 0 Å². The van der Waals surface area contributed by atoms with Gasteiger partial charge in [0.25, 0.3) is 10.1 Å². The van der Waals surface area contributed by atoms with Gasteiger partial charge in [-0.25, -0.2) is 0 Å². The maximum absolute atomic E-state index is 12.0. The average Bonchev–Trinajstić information content (AvgIpc) is 2.77. The Bertz CT molecular complexity index is 448. The minimum absolute atomic E-state index is 0.197. The van der Waals surface area contributed by atoms with Gasteiger partial charge >= 0.3 is 0 Å². The molecule has 0 aromatic rings. The molecule has 194 valence electrons. The van der Waals surface area contributed by atoms with Crippen LogP contribution in [-0.2, 0) is 14.3 Å². The molecular formula is C28H58O3S. The van der Waals surface area contributed by atoms with Gasteiger partial charge in [0, 0.05) is 0 Å². The van der Waals surface area contributed by atoms with Gasteiger partial charge in [0.1, 0.15) is 0 Å². The second-order valence-corrected chi connectivity index (χ2v) is 11.6. The summed E-state index contributed by atoms with van der Waals surface area (Å²) >= 11 is 0. The van der Waals surface area contributed by atoms with Crippen molar-refractivity contribution in [3.63, 3.8) is 0 Å². The number of hydrogen-bond donors (Lipinski definition) is 0. The minimum atomic E-state index is -3.31. The van der Waals surface area contributed by atoms with Gasteiger partial charge in [-0.1, -0.05) is 155 Å². The minimum Gasteiger partial charge on any atom is -0.270 e. The van der Waals surface area contributed by atoms with E-state index in [1.165, 1.54) is 122 Å². The molecule has 0 unspecified atom stereocenters. The molecule has 0 aromatic carbocycles. The van der Waals surface area contributed by atoms with Gasteiger partial charge in [-0.15, -0.1) is 0 Å². The third kappa shape index (κ3) is 26.2.